The van der Waals surface area contributed by atoms with Crippen molar-refractivity contribution in [1.29, 1.82) is 0 Å². The topological polar surface area (TPSA) is 67.6 Å². The Hall–Kier alpha value is -1.91. The molecule has 5 nitrogen and oxygen atoms in total. The predicted octanol–water partition coefficient (Wildman–Crippen LogP) is 2.23. The molecule has 0 bridgehead atoms. The molecule has 1 rings (SSSR count). The highest BCUT2D eigenvalue weighted by molar-refractivity contribution is 5.67. The molecular weight excluding hydrogens is 242 g/mol. The first-order valence-electron chi connectivity index (χ1n) is 6.31. The maximum Gasteiger partial charge on any atom is 0.407 e. The van der Waals surface area contributed by atoms with E-state index in [9.17, 15) is 4.79 Å². The van der Waals surface area contributed by atoms with Crippen LogP contribution >= 0.6 is 0 Å². The Kier molecular flexibility index (Phi) is 5.03. The average Bonchev–Trinajstić information content (AvgIpc) is 2.27. The molecule has 3 N–H and O–H groups in total. The Morgan fingerprint density at radius 1 is 1.32 bits per heavy atom. The number of benzene rings is 1. The highest BCUT2D eigenvalue weighted by atomic mass is 16.6. The highest BCUT2D eigenvalue weighted by Gasteiger charge is 2.15. The summed E-state index contributed by atoms with van der Waals surface area (Å²) in [4.78, 5) is 13.5. The summed E-state index contributed by atoms with van der Waals surface area (Å²) in [5.74, 6) is 0. The number of alkyl carbamates (subject to hydrolysis) is 1. The van der Waals surface area contributed by atoms with Gasteiger partial charge in [0.15, 0.2) is 0 Å². The number of nitrogens with zero attached hydrogens (tertiary/aromatic N) is 1. The van der Waals surface area contributed by atoms with Gasteiger partial charge in [0.05, 0.1) is 0 Å². The van der Waals surface area contributed by atoms with Crippen molar-refractivity contribution in [2.75, 3.05) is 30.8 Å². The Morgan fingerprint density at radius 2 is 1.89 bits per heavy atom. The number of carbonyl (C=O) groups excluding carboxylic acids is 1. The first-order valence-corrected chi connectivity index (χ1v) is 6.31. The number of hydrogen-bond acceptors (Lipinski definition) is 4. The van der Waals surface area contributed by atoms with E-state index in [-0.39, 0.29) is 0 Å². The Bertz CT molecular complexity index is 410. The number of nitrogens with one attached hydrogen (secondary N) is 1. The van der Waals surface area contributed by atoms with E-state index in [1.807, 2.05) is 57.0 Å². The van der Waals surface area contributed by atoms with E-state index in [0.717, 1.165) is 11.4 Å². The molecule has 0 spiro atoms. The molecule has 0 aliphatic heterocycles. The van der Waals surface area contributed by atoms with Crippen LogP contribution in [0.25, 0.3) is 0 Å². The van der Waals surface area contributed by atoms with Crippen LogP contribution < -0.4 is 16.0 Å². The standard InChI is InChI=1S/C14H23N3O2/c1-14(2,3)19-13(18)16-9-10-17(4)12-7-5-11(15)6-8-12/h5-8H,9-10,15H2,1-4H3,(H,16,18). The molecule has 0 aliphatic rings. The van der Waals surface area contributed by atoms with Gasteiger partial charge in [-0.1, -0.05) is 0 Å². The number of ether oxygens (including phenoxy) is 1. The van der Waals surface area contributed by atoms with Crippen molar-refractivity contribution in [2.45, 2.75) is 26.4 Å². The summed E-state index contributed by atoms with van der Waals surface area (Å²) < 4.78 is 5.16. The molecule has 0 saturated heterocycles. The normalized spacial score (nSPS) is 10.9. The van der Waals surface area contributed by atoms with Crippen molar-refractivity contribution in [3.05, 3.63) is 24.3 Å². The van der Waals surface area contributed by atoms with E-state index >= 15 is 0 Å². The van der Waals surface area contributed by atoms with Gasteiger partial charge in [0, 0.05) is 31.5 Å². The minimum Gasteiger partial charge on any atom is -0.444 e. The molecule has 0 unspecified atom stereocenters. The number of rotatable bonds is 4. The van der Waals surface area contributed by atoms with Crippen LogP contribution in [0, 0.1) is 0 Å². The monoisotopic (exact) mass is 265 g/mol. The molecule has 0 aliphatic carbocycles. The van der Waals surface area contributed by atoms with E-state index < -0.39 is 11.7 Å². The smallest absolute Gasteiger partial charge is 0.407 e. The fourth-order valence-electron chi connectivity index (χ4n) is 1.50. The Balaban J connectivity index is 2.33. The van der Waals surface area contributed by atoms with Crippen molar-refractivity contribution in [3.63, 3.8) is 0 Å². The summed E-state index contributed by atoms with van der Waals surface area (Å²) in [7, 11) is 1.96. The zero-order valence-corrected chi connectivity index (χ0v) is 12.1. The average molecular weight is 265 g/mol. The van der Waals surface area contributed by atoms with Gasteiger partial charge < -0.3 is 20.7 Å². The van der Waals surface area contributed by atoms with Crippen LogP contribution in [-0.2, 0) is 4.74 Å². The van der Waals surface area contributed by atoms with Gasteiger partial charge in [-0.2, -0.15) is 0 Å². The van der Waals surface area contributed by atoms with Crippen molar-refractivity contribution in [1.82, 2.24) is 5.32 Å². The van der Waals surface area contributed by atoms with E-state index in [2.05, 4.69) is 5.32 Å². The van der Waals surface area contributed by atoms with Crippen molar-refractivity contribution in [3.8, 4) is 0 Å². The molecule has 0 saturated carbocycles. The Labute approximate surface area is 114 Å². The maximum atomic E-state index is 11.5. The number of hydrogen-bond donors (Lipinski definition) is 2. The van der Waals surface area contributed by atoms with Crippen molar-refractivity contribution in [2.24, 2.45) is 0 Å². The number of nitrogens with two attached hydrogens (primary N) is 1. The molecule has 0 aromatic heterocycles. The van der Waals surface area contributed by atoms with Crippen LogP contribution in [0.4, 0.5) is 16.2 Å². The van der Waals surface area contributed by atoms with Gasteiger partial charge in [-0.25, -0.2) is 4.79 Å². The zero-order chi connectivity index (χ0) is 14.5. The van der Waals surface area contributed by atoms with Gasteiger partial charge in [-0.15, -0.1) is 0 Å². The minimum absolute atomic E-state index is 0.391. The molecule has 0 heterocycles. The highest BCUT2D eigenvalue weighted by Crippen LogP contribution is 2.14. The molecule has 0 atom stereocenters. The quantitative estimate of drug-likeness (QED) is 0.819. The first-order chi connectivity index (χ1) is 8.78. The summed E-state index contributed by atoms with van der Waals surface area (Å²) in [6.45, 7) is 6.74. The second kappa shape index (κ2) is 6.31. The van der Waals surface area contributed by atoms with Crippen molar-refractivity contribution < 1.29 is 9.53 Å². The predicted molar refractivity (Wildman–Crippen MR) is 78.4 cm³/mol. The summed E-state index contributed by atoms with van der Waals surface area (Å²) >= 11 is 0. The van der Waals surface area contributed by atoms with Crippen molar-refractivity contribution >= 4 is 17.5 Å². The summed E-state index contributed by atoms with van der Waals surface area (Å²) in [6, 6.07) is 7.60. The third-order valence-corrected chi connectivity index (χ3v) is 2.45. The Morgan fingerprint density at radius 3 is 2.42 bits per heavy atom. The molecular formula is C14H23N3O2. The van der Waals surface area contributed by atoms with Crippen LogP contribution in [0.15, 0.2) is 24.3 Å². The van der Waals surface area contributed by atoms with E-state index in [1.165, 1.54) is 0 Å². The number of likely N-dealkylation sites (N-methyl/N-ethyl adjacent to an activating group) is 1. The molecule has 0 radical (unpaired) electrons. The molecule has 1 aromatic rings. The van der Waals surface area contributed by atoms with Gasteiger partial charge in [0.25, 0.3) is 0 Å². The lowest BCUT2D eigenvalue weighted by molar-refractivity contribution is 0.0529. The lowest BCUT2D eigenvalue weighted by atomic mass is 10.2. The second-order valence-corrected chi connectivity index (χ2v) is 5.44. The van der Waals surface area contributed by atoms with Crippen LogP contribution in [0.3, 0.4) is 0 Å². The molecule has 0 fully saturated rings. The molecule has 1 amide bonds. The van der Waals surface area contributed by atoms with Gasteiger partial charge in [0.2, 0.25) is 0 Å². The lowest BCUT2D eigenvalue weighted by Gasteiger charge is -2.22. The van der Waals surface area contributed by atoms with E-state index in [1.54, 1.807) is 0 Å². The number of anilines is 2. The summed E-state index contributed by atoms with van der Waals surface area (Å²) in [5.41, 5.74) is 6.96. The van der Waals surface area contributed by atoms with Gasteiger partial charge in [0.1, 0.15) is 5.60 Å². The third-order valence-electron chi connectivity index (χ3n) is 2.45. The largest absolute Gasteiger partial charge is 0.444 e. The van der Waals surface area contributed by atoms with Gasteiger partial charge in [-0.3, -0.25) is 0 Å². The van der Waals surface area contributed by atoms with E-state index in [0.29, 0.717) is 13.1 Å². The second-order valence-electron chi connectivity index (χ2n) is 5.44. The number of amides is 1. The lowest BCUT2D eigenvalue weighted by Crippen LogP contribution is -2.37. The summed E-state index contributed by atoms with van der Waals surface area (Å²) in [5, 5.41) is 2.72. The zero-order valence-electron chi connectivity index (χ0n) is 12.1. The van der Waals surface area contributed by atoms with Crippen LogP contribution in [0.2, 0.25) is 0 Å². The molecule has 1 aromatic carbocycles. The molecule has 19 heavy (non-hydrogen) atoms. The van der Waals surface area contributed by atoms with Crippen LogP contribution in [-0.4, -0.2) is 31.8 Å². The minimum atomic E-state index is -0.465. The number of carbonyl (C=O) groups is 1. The maximum absolute atomic E-state index is 11.5. The first kappa shape index (κ1) is 15.1. The SMILES string of the molecule is CN(CCNC(=O)OC(C)(C)C)c1ccc(N)cc1. The van der Waals surface area contributed by atoms with Gasteiger partial charge >= 0.3 is 6.09 Å². The van der Waals surface area contributed by atoms with Crippen LogP contribution in [0.5, 0.6) is 0 Å². The molecule has 5 heteroatoms. The summed E-state index contributed by atoms with van der Waals surface area (Å²) in [6.07, 6.45) is -0.391. The molecule has 106 valence electrons. The van der Waals surface area contributed by atoms with Crippen LogP contribution in [0.1, 0.15) is 20.8 Å². The fraction of sp³-hybridized carbons (Fsp3) is 0.500. The van der Waals surface area contributed by atoms with Gasteiger partial charge in [-0.05, 0) is 45.0 Å². The number of nitrogen functional groups attached to an aromatic ring is 1. The van der Waals surface area contributed by atoms with E-state index in [4.69, 9.17) is 10.5 Å². The third kappa shape index (κ3) is 5.99. The fourth-order valence-corrected chi connectivity index (χ4v) is 1.50.